The minimum absolute atomic E-state index is 0.109. The number of methoxy groups -OCH3 is 1. The van der Waals surface area contributed by atoms with E-state index >= 15 is 0 Å². The van der Waals surface area contributed by atoms with Gasteiger partial charge in [-0.15, -0.1) is 0 Å². The van der Waals surface area contributed by atoms with E-state index in [-0.39, 0.29) is 5.57 Å². The van der Waals surface area contributed by atoms with Crippen molar-refractivity contribution >= 4 is 55.5 Å². The average molecular weight is 584 g/mol. The largest absolute Gasteiger partial charge is 0.487 e. The Bertz CT molecular complexity index is 1280. The molecular weight excluding hydrogens is 564 g/mol. The highest BCUT2D eigenvalue weighted by atomic mass is 79.9. The Kier molecular flexibility index (Phi) is 8.63. The molecule has 0 spiro atoms. The molecule has 3 aromatic carbocycles. The first-order chi connectivity index (χ1) is 16.3. The van der Waals surface area contributed by atoms with Crippen molar-refractivity contribution in [2.24, 2.45) is 0 Å². The maximum Gasteiger partial charge on any atom is 0.337 e. The second kappa shape index (κ2) is 11.6. The van der Waals surface area contributed by atoms with Crippen LogP contribution in [0.25, 0.3) is 6.08 Å². The molecule has 0 aliphatic heterocycles. The van der Waals surface area contributed by atoms with Crippen LogP contribution in [-0.2, 0) is 16.1 Å². The summed E-state index contributed by atoms with van der Waals surface area (Å²) >= 11 is 6.95. The first-order valence-electron chi connectivity index (χ1n) is 10.1. The summed E-state index contributed by atoms with van der Waals surface area (Å²) in [5.74, 6) is -0.561. The molecule has 1 N–H and O–H groups in total. The predicted octanol–water partition coefficient (Wildman–Crippen LogP) is 6.43. The monoisotopic (exact) mass is 582 g/mol. The van der Waals surface area contributed by atoms with Gasteiger partial charge in [0, 0.05) is 15.7 Å². The number of amides is 1. The number of anilines is 1. The molecule has 0 saturated heterocycles. The molecule has 0 saturated carbocycles. The van der Waals surface area contributed by atoms with Crippen LogP contribution in [0.5, 0.6) is 5.75 Å². The third-order valence-corrected chi connectivity index (χ3v) is 5.82. The summed E-state index contributed by atoms with van der Waals surface area (Å²) in [6.07, 6.45) is 1.47. The van der Waals surface area contributed by atoms with E-state index in [0.29, 0.717) is 33.6 Å². The second-order valence-electron chi connectivity index (χ2n) is 7.27. The summed E-state index contributed by atoms with van der Waals surface area (Å²) in [6.45, 7) is 2.34. The van der Waals surface area contributed by atoms with Crippen molar-refractivity contribution in [1.29, 1.82) is 5.26 Å². The minimum Gasteiger partial charge on any atom is -0.487 e. The van der Waals surface area contributed by atoms with Crippen molar-refractivity contribution in [2.75, 3.05) is 12.4 Å². The fourth-order valence-corrected chi connectivity index (χ4v) is 4.36. The van der Waals surface area contributed by atoms with E-state index in [4.69, 9.17) is 4.74 Å². The highest BCUT2D eigenvalue weighted by Crippen LogP contribution is 2.35. The number of nitriles is 1. The molecule has 0 radical (unpaired) electrons. The van der Waals surface area contributed by atoms with E-state index in [2.05, 4.69) is 41.9 Å². The quantitative estimate of drug-likeness (QED) is 0.197. The Morgan fingerprint density at radius 1 is 1.06 bits per heavy atom. The van der Waals surface area contributed by atoms with Gasteiger partial charge in [-0.1, -0.05) is 45.8 Å². The second-order valence-corrected chi connectivity index (χ2v) is 9.04. The first kappa shape index (κ1) is 25.2. The third-order valence-electron chi connectivity index (χ3n) is 4.77. The van der Waals surface area contributed by atoms with Gasteiger partial charge >= 0.3 is 5.97 Å². The van der Waals surface area contributed by atoms with E-state index in [1.807, 2.05) is 43.3 Å². The van der Waals surface area contributed by atoms with Gasteiger partial charge in [-0.2, -0.15) is 5.26 Å². The van der Waals surface area contributed by atoms with Gasteiger partial charge in [-0.05, 0) is 70.9 Å². The zero-order chi connectivity index (χ0) is 24.7. The average Bonchev–Trinajstić information content (AvgIpc) is 2.82. The standard InChI is InChI=1S/C26H20Br2N2O4/c1-16-3-5-17(6-4-16)15-34-24-19(12-21(27)13-23(24)28)11-20(14-29)25(31)30-22-9-7-18(8-10-22)26(32)33-2/h3-13H,15H2,1-2H3,(H,30,31)/b20-11+. The van der Waals surface area contributed by atoms with Crippen molar-refractivity contribution < 1.29 is 19.1 Å². The molecule has 0 aliphatic rings. The van der Waals surface area contributed by atoms with E-state index in [1.165, 1.54) is 25.3 Å². The van der Waals surface area contributed by atoms with Crippen molar-refractivity contribution in [2.45, 2.75) is 13.5 Å². The fraction of sp³-hybridized carbons (Fsp3) is 0.115. The van der Waals surface area contributed by atoms with E-state index in [1.54, 1.807) is 18.2 Å². The van der Waals surface area contributed by atoms with Gasteiger partial charge in [-0.25, -0.2) is 4.79 Å². The number of nitrogens with zero attached hydrogens (tertiary/aromatic N) is 1. The van der Waals surface area contributed by atoms with E-state index in [0.717, 1.165) is 15.6 Å². The normalized spacial score (nSPS) is 10.9. The molecular formula is C26H20Br2N2O4. The maximum absolute atomic E-state index is 12.8. The summed E-state index contributed by atoms with van der Waals surface area (Å²) < 4.78 is 12.1. The van der Waals surface area contributed by atoms with Gasteiger partial charge in [0.05, 0.1) is 17.1 Å². The van der Waals surface area contributed by atoms with Gasteiger partial charge in [-0.3, -0.25) is 4.79 Å². The lowest BCUT2D eigenvalue weighted by atomic mass is 10.1. The minimum atomic E-state index is -0.589. The highest BCUT2D eigenvalue weighted by Gasteiger charge is 2.15. The van der Waals surface area contributed by atoms with Gasteiger partial charge in [0.15, 0.2) is 0 Å². The summed E-state index contributed by atoms with van der Waals surface area (Å²) in [5, 5.41) is 12.3. The van der Waals surface area contributed by atoms with Crippen LogP contribution < -0.4 is 10.1 Å². The zero-order valence-electron chi connectivity index (χ0n) is 18.4. The Balaban J connectivity index is 1.84. The SMILES string of the molecule is COC(=O)c1ccc(NC(=O)/C(C#N)=C/c2cc(Br)cc(Br)c2OCc2ccc(C)cc2)cc1. The number of rotatable bonds is 7. The molecule has 0 heterocycles. The molecule has 0 aliphatic carbocycles. The van der Waals surface area contributed by atoms with Crippen LogP contribution in [0.2, 0.25) is 0 Å². The molecule has 0 fully saturated rings. The molecule has 1 amide bonds. The lowest BCUT2D eigenvalue weighted by molar-refractivity contribution is -0.112. The van der Waals surface area contributed by atoms with Crippen LogP contribution in [0, 0.1) is 18.3 Å². The van der Waals surface area contributed by atoms with Gasteiger partial charge in [0.25, 0.3) is 5.91 Å². The molecule has 0 aromatic heterocycles. The zero-order valence-corrected chi connectivity index (χ0v) is 21.6. The Hall–Kier alpha value is -3.41. The Labute approximate surface area is 214 Å². The smallest absolute Gasteiger partial charge is 0.337 e. The summed E-state index contributed by atoms with van der Waals surface area (Å²) in [5.41, 5.74) is 3.38. The van der Waals surface area contributed by atoms with Gasteiger partial charge in [0.1, 0.15) is 24.0 Å². The topological polar surface area (TPSA) is 88.4 Å². The molecule has 0 atom stereocenters. The van der Waals surface area contributed by atoms with Crippen LogP contribution in [0.1, 0.15) is 27.0 Å². The first-order valence-corrected chi connectivity index (χ1v) is 11.7. The van der Waals surface area contributed by atoms with Crippen LogP contribution in [0.15, 0.2) is 75.2 Å². The molecule has 0 bridgehead atoms. The number of hydrogen-bond acceptors (Lipinski definition) is 5. The van der Waals surface area contributed by atoms with Gasteiger partial charge < -0.3 is 14.8 Å². The number of esters is 1. The number of hydrogen-bond donors (Lipinski definition) is 1. The van der Waals surface area contributed by atoms with Crippen LogP contribution in [-0.4, -0.2) is 19.0 Å². The van der Waals surface area contributed by atoms with Crippen LogP contribution in [0.3, 0.4) is 0 Å². The van der Waals surface area contributed by atoms with E-state index < -0.39 is 11.9 Å². The lowest BCUT2D eigenvalue weighted by Crippen LogP contribution is -2.13. The number of carbonyl (C=O) groups excluding carboxylic acids is 2. The number of nitrogens with one attached hydrogen (secondary N) is 1. The van der Waals surface area contributed by atoms with Crippen molar-refractivity contribution in [3.05, 3.63) is 97.4 Å². The molecule has 172 valence electrons. The Morgan fingerprint density at radius 3 is 2.35 bits per heavy atom. The Morgan fingerprint density at radius 2 is 1.74 bits per heavy atom. The molecule has 34 heavy (non-hydrogen) atoms. The van der Waals surface area contributed by atoms with Crippen LogP contribution >= 0.6 is 31.9 Å². The number of ether oxygens (including phenoxy) is 2. The number of benzene rings is 3. The van der Waals surface area contributed by atoms with E-state index in [9.17, 15) is 14.9 Å². The highest BCUT2D eigenvalue weighted by molar-refractivity contribution is 9.11. The summed E-state index contributed by atoms with van der Waals surface area (Å²) in [6, 6.07) is 19.7. The van der Waals surface area contributed by atoms with Crippen molar-refractivity contribution in [1.82, 2.24) is 0 Å². The lowest BCUT2D eigenvalue weighted by Gasteiger charge is -2.13. The summed E-state index contributed by atoms with van der Waals surface area (Å²) in [4.78, 5) is 24.3. The molecule has 8 heteroatoms. The number of carbonyl (C=O) groups is 2. The number of halogens is 2. The fourth-order valence-electron chi connectivity index (χ4n) is 2.99. The van der Waals surface area contributed by atoms with Crippen molar-refractivity contribution in [3.8, 4) is 11.8 Å². The van der Waals surface area contributed by atoms with Crippen LogP contribution in [0.4, 0.5) is 5.69 Å². The summed E-state index contributed by atoms with van der Waals surface area (Å²) in [7, 11) is 1.29. The molecule has 0 unspecified atom stereocenters. The maximum atomic E-state index is 12.8. The third kappa shape index (κ3) is 6.56. The number of aryl methyl sites for hydroxylation is 1. The molecule has 3 aromatic rings. The molecule has 3 rings (SSSR count). The molecule has 6 nitrogen and oxygen atoms in total. The predicted molar refractivity (Wildman–Crippen MR) is 137 cm³/mol. The van der Waals surface area contributed by atoms with Crippen molar-refractivity contribution in [3.63, 3.8) is 0 Å². The van der Waals surface area contributed by atoms with Gasteiger partial charge in [0.2, 0.25) is 0 Å².